The molecule has 0 unspecified atom stereocenters. The highest BCUT2D eigenvalue weighted by Crippen LogP contribution is 2.25. The number of rotatable bonds is 8. The van der Waals surface area contributed by atoms with Gasteiger partial charge in [0.1, 0.15) is 11.4 Å². The van der Waals surface area contributed by atoms with E-state index in [2.05, 4.69) is 20.5 Å². The number of pyridine rings is 1. The second-order valence-corrected chi connectivity index (χ2v) is 6.28. The number of likely N-dealkylation sites (N-methyl/N-ethyl adjacent to an activating group) is 1. The zero-order valence-electron chi connectivity index (χ0n) is 15.2. The molecule has 0 aliphatic rings. The molecule has 1 heterocycles. The highest BCUT2D eigenvalue weighted by Gasteiger charge is 2.12. The number of para-hydroxylation sites is 2. The van der Waals surface area contributed by atoms with E-state index in [4.69, 9.17) is 4.74 Å². The Balaban J connectivity index is 2.06. The van der Waals surface area contributed by atoms with Crippen molar-refractivity contribution in [3.63, 3.8) is 0 Å². The average Bonchev–Trinajstić information content (AvgIpc) is 2.56. The Kier molecular flexibility index (Phi) is 6.77. The van der Waals surface area contributed by atoms with Crippen LogP contribution in [-0.4, -0.2) is 49.1 Å². The predicted molar refractivity (Wildman–Crippen MR) is 101 cm³/mol. The molecule has 0 aliphatic carbocycles. The SMILES string of the molecule is CC(C)Oc1ccccc1NC(=O)c1cc(NCCN(C)C)ccn1. The predicted octanol–water partition coefficient (Wildman–Crippen LogP) is 3.09. The van der Waals surface area contributed by atoms with Crippen molar-refractivity contribution in [3.05, 3.63) is 48.3 Å². The van der Waals surface area contributed by atoms with E-state index in [-0.39, 0.29) is 12.0 Å². The third-order valence-corrected chi connectivity index (χ3v) is 3.38. The Hall–Kier alpha value is -2.60. The van der Waals surface area contributed by atoms with Gasteiger partial charge in [-0.05, 0) is 52.2 Å². The van der Waals surface area contributed by atoms with Crippen LogP contribution in [0.1, 0.15) is 24.3 Å². The van der Waals surface area contributed by atoms with Gasteiger partial charge in [0.25, 0.3) is 5.91 Å². The Morgan fingerprint density at radius 2 is 2.00 bits per heavy atom. The molecule has 6 nitrogen and oxygen atoms in total. The molecule has 134 valence electrons. The van der Waals surface area contributed by atoms with Crippen LogP contribution in [0.4, 0.5) is 11.4 Å². The van der Waals surface area contributed by atoms with Crippen molar-refractivity contribution in [2.45, 2.75) is 20.0 Å². The number of nitrogens with one attached hydrogen (secondary N) is 2. The molecule has 25 heavy (non-hydrogen) atoms. The van der Waals surface area contributed by atoms with Gasteiger partial charge in [0, 0.05) is 25.0 Å². The highest BCUT2D eigenvalue weighted by molar-refractivity contribution is 6.04. The normalized spacial score (nSPS) is 10.8. The molecular formula is C19H26N4O2. The third kappa shape index (κ3) is 6.08. The van der Waals surface area contributed by atoms with Gasteiger partial charge in [0.15, 0.2) is 0 Å². The number of ether oxygens (including phenoxy) is 1. The van der Waals surface area contributed by atoms with Crippen LogP contribution in [-0.2, 0) is 0 Å². The summed E-state index contributed by atoms with van der Waals surface area (Å²) in [6, 6.07) is 11.0. The summed E-state index contributed by atoms with van der Waals surface area (Å²) in [5.74, 6) is 0.377. The molecule has 0 spiro atoms. The first-order valence-corrected chi connectivity index (χ1v) is 8.37. The summed E-state index contributed by atoms with van der Waals surface area (Å²) in [5, 5.41) is 6.16. The minimum absolute atomic E-state index is 0.0281. The summed E-state index contributed by atoms with van der Waals surface area (Å²) in [5.41, 5.74) is 1.86. The third-order valence-electron chi connectivity index (χ3n) is 3.38. The number of aromatic nitrogens is 1. The number of amides is 1. The molecule has 0 fully saturated rings. The number of hydrogen-bond donors (Lipinski definition) is 2. The lowest BCUT2D eigenvalue weighted by Gasteiger charge is -2.15. The van der Waals surface area contributed by atoms with Crippen molar-refractivity contribution in [1.82, 2.24) is 9.88 Å². The van der Waals surface area contributed by atoms with E-state index in [1.165, 1.54) is 0 Å². The molecule has 2 rings (SSSR count). The molecule has 6 heteroatoms. The summed E-state index contributed by atoms with van der Waals surface area (Å²) in [6.07, 6.45) is 1.66. The van der Waals surface area contributed by atoms with Crippen LogP contribution in [0.25, 0.3) is 0 Å². The second kappa shape index (κ2) is 9.03. The summed E-state index contributed by atoms with van der Waals surface area (Å²) in [7, 11) is 4.04. The van der Waals surface area contributed by atoms with E-state index in [1.54, 1.807) is 12.3 Å². The van der Waals surface area contributed by atoms with Gasteiger partial charge in [-0.1, -0.05) is 12.1 Å². The average molecular weight is 342 g/mol. The lowest BCUT2D eigenvalue weighted by Crippen LogP contribution is -2.21. The number of carbonyl (C=O) groups excluding carboxylic acids is 1. The zero-order chi connectivity index (χ0) is 18.2. The maximum Gasteiger partial charge on any atom is 0.274 e. The highest BCUT2D eigenvalue weighted by atomic mass is 16.5. The van der Waals surface area contributed by atoms with E-state index in [9.17, 15) is 4.79 Å². The van der Waals surface area contributed by atoms with E-state index < -0.39 is 0 Å². The quantitative estimate of drug-likeness (QED) is 0.772. The van der Waals surface area contributed by atoms with Crippen LogP contribution >= 0.6 is 0 Å². The molecule has 2 aromatic rings. The molecule has 1 aromatic carbocycles. The number of nitrogens with zero attached hydrogens (tertiary/aromatic N) is 2. The maximum absolute atomic E-state index is 12.5. The van der Waals surface area contributed by atoms with Gasteiger partial charge < -0.3 is 20.3 Å². The van der Waals surface area contributed by atoms with Crippen molar-refractivity contribution >= 4 is 17.3 Å². The maximum atomic E-state index is 12.5. The second-order valence-electron chi connectivity index (χ2n) is 6.28. The summed E-state index contributed by atoms with van der Waals surface area (Å²) in [6.45, 7) is 5.60. The van der Waals surface area contributed by atoms with Gasteiger partial charge >= 0.3 is 0 Å². The summed E-state index contributed by atoms with van der Waals surface area (Å²) in [4.78, 5) is 18.8. The van der Waals surface area contributed by atoms with Gasteiger partial charge in [-0.25, -0.2) is 0 Å². The first-order valence-electron chi connectivity index (χ1n) is 8.37. The van der Waals surface area contributed by atoms with Crippen molar-refractivity contribution in [3.8, 4) is 5.75 Å². The molecule has 0 radical (unpaired) electrons. The van der Waals surface area contributed by atoms with Gasteiger partial charge in [-0.3, -0.25) is 9.78 Å². The molecule has 2 N–H and O–H groups in total. The standard InChI is InChI=1S/C19H26N4O2/c1-14(2)25-18-8-6-5-7-16(18)22-19(24)17-13-15(9-10-21-17)20-11-12-23(3)4/h5-10,13-14H,11-12H2,1-4H3,(H,20,21)(H,22,24). The Morgan fingerprint density at radius 1 is 1.24 bits per heavy atom. The van der Waals surface area contributed by atoms with Crippen LogP contribution < -0.4 is 15.4 Å². The molecular weight excluding hydrogens is 316 g/mol. The number of carbonyl (C=O) groups is 1. The largest absolute Gasteiger partial charge is 0.489 e. The molecule has 1 amide bonds. The van der Waals surface area contributed by atoms with Crippen molar-refractivity contribution < 1.29 is 9.53 Å². The van der Waals surface area contributed by atoms with E-state index in [0.29, 0.717) is 17.1 Å². The van der Waals surface area contributed by atoms with Crippen LogP contribution in [0.3, 0.4) is 0 Å². The fourth-order valence-corrected chi connectivity index (χ4v) is 2.20. The Morgan fingerprint density at radius 3 is 2.72 bits per heavy atom. The number of anilines is 2. The fraction of sp³-hybridized carbons (Fsp3) is 0.368. The lowest BCUT2D eigenvalue weighted by atomic mass is 10.2. The molecule has 0 aliphatic heterocycles. The Labute approximate surface area is 149 Å². The van der Waals surface area contributed by atoms with Gasteiger partial charge in [-0.2, -0.15) is 0 Å². The molecule has 0 atom stereocenters. The van der Waals surface area contributed by atoms with Crippen LogP contribution in [0.15, 0.2) is 42.6 Å². The van der Waals surface area contributed by atoms with Gasteiger partial charge in [-0.15, -0.1) is 0 Å². The minimum atomic E-state index is -0.268. The Bertz CT molecular complexity index is 701. The summed E-state index contributed by atoms with van der Waals surface area (Å²) < 4.78 is 5.73. The van der Waals surface area contributed by atoms with E-state index in [1.807, 2.05) is 58.3 Å². The summed E-state index contributed by atoms with van der Waals surface area (Å²) >= 11 is 0. The van der Waals surface area contributed by atoms with Crippen molar-refractivity contribution in [2.75, 3.05) is 37.8 Å². The van der Waals surface area contributed by atoms with Crippen LogP contribution in [0.2, 0.25) is 0 Å². The van der Waals surface area contributed by atoms with Crippen molar-refractivity contribution in [2.24, 2.45) is 0 Å². The van der Waals surface area contributed by atoms with Crippen LogP contribution in [0, 0.1) is 0 Å². The smallest absolute Gasteiger partial charge is 0.274 e. The van der Waals surface area contributed by atoms with E-state index >= 15 is 0 Å². The lowest BCUT2D eigenvalue weighted by molar-refractivity contribution is 0.102. The molecule has 0 bridgehead atoms. The van der Waals surface area contributed by atoms with Gasteiger partial charge in [0.05, 0.1) is 11.8 Å². The number of hydrogen-bond acceptors (Lipinski definition) is 5. The first kappa shape index (κ1) is 18.7. The zero-order valence-corrected chi connectivity index (χ0v) is 15.2. The first-order chi connectivity index (χ1) is 12.0. The van der Waals surface area contributed by atoms with Gasteiger partial charge in [0.2, 0.25) is 0 Å². The molecule has 0 saturated heterocycles. The minimum Gasteiger partial charge on any atom is -0.489 e. The fourth-order valence-electron chi connectivity index (χ4n) is 2.20. The van der Waals surface area contributed by atoms with Crippen LogP contribution in [0.5, 0.6) is 5.75 Å². The topological polar surface area (TPSA) is 66.5 Å². The number of benzene rings is 1. The monoisotopic (exact) mass is 342 g/mol. The molecule has 1 aromatic heterocycles. The van der Waals surface area contributed by atoms with Crippen molar-refractivity contribution in [1.29, 1.82) is 0 Å². The molecule has 0 saturated carbocycles. The van der Waals surface area contributed by atoms with E-state index in [0.717, 1.165) is 18.8 Å².